The highest BCUT2D eigenvalue weighted by molar-refractivity contribution is 8.00. The molecule has 0 saturated carbocycles. The van der Waals surface area contributed by atoms with E-state index in [1.54, 1.807) is 23.6 Å². The number of carbonyl (C=O) groups excluding carboxylic acids is 1. The minimum Gasteiger partial charge on any atom is -0.462 e. The number of esters is 1. The molecule has 0 N–H and O–H groups in total. The molecule has 0 spiro atoms. The minimum absolute atomic E-state index is 0.0690. The molecule has 4 rings (SSSR count). The molecule has 138 valence electrons. The van der Waals surface area contributed by atoms with Crippen molar-refractivity contribution in [3.63, 3.8) is 0 Å². The van der Waals surface area contributed by atoms with Crippen molar-refractivity contribution in [1.29, 1.82) is 0 Å². The summed E-state index contributed by atoms with van der Waals surface area (Å²) in [5.74, 6) is -3.51. The van der Waals surface area contributed by atoms with Crippen LogP contribution in [0.3, 0.4) is 0 Å². The van der Waals surface area contributed by atoms with E-state index in [-0.39, 0.29) is 23.1 Å². The standard InChI is InChI=1S/C19H12F3NO3S/c1-2-26-19(25)15-16(24)11-7-12(21)13(22)8-14(11)23-17(27-18(15)23)9-3-5-10(20)6-4-9/h3-8,17H,2H2,1H3. The van der Waals surface area contributed by atoms with E-state index < -0.39 is 34.2 Å². The first kappa shape index (κ1) is 17.7. The molecule has 4 nitrogen and oxygen atoms in total. The normalized spacial score (nSPS) is 15.3. The van der Waals surface area contributed by atoms with Gasteiger partial charge < -0.3 is 9.30 Å². The molecule has 1 aliphatic heterocycles. The van der Waals surface area contributed by atoms with E-state index in [2.05, 4.69) is 0 Å². The summed E-state index contributed by atoms with van der Waals surface area (Å²) in [6.07, 6.45) is 0. The quantitative estimate of drug-likeness (QED) is 0.627. The maximum atomic E-state index is 13.8. The van der Waals surface area contributed by atoms with Crippen LogP contribution in [0.5, 0.6) is 0 Å². The number of ether oxygens (including phenoxy) is 1. The third-order valence-electron chi connectivity index (χ3n) is 4.29. The van der Waals surface area contributed by atoms with Crippen molar-refractivity contribution in [1.82, 2.24) is 4.57 Å². The van der Waals surface area contributed by atoms with Crippen molar-refractivity contribution < 1.29 is 22.7 Å². The first-order valence-corrected chi connectivity index (χ1v) is 8.96. The molecule has 1 aromatic heterocycles. The maximum absolute atomic E-state index is 13.8. The summed E-state index contributed by atoms with van der Waals surface area (Å²) in [4.78, 5) is 25.0. The molecule has 2 heterocycles. The molecule has 1 aliphatic rings. The summed E-state index contributed by atoms with van der Waals surface area (Å²) in [6.45, 7) is 1.67. The Hall–Kier alpha value is -2.74. The van der Waals surface area contributed by atoms with Crippen molar-refractivity contribution in [2.24, 2.45) is 0 Å². The lowest BCUT2D eigenvalue weighted by Gasteiger charge is -2.35. The Morgan fingerprint density at radius 3 is 2.48 bits per heavy atom. The molecule has 0 bridgehead atoms. The van der Waals surface area contributed by atoms with Crippen LogP contribution in [0, 0.1) is 17.5 Å². The van der Waals surface area contributed by atoms with Crippen molar-refractivity contribution >= 4 is 28.6 Å². The van der Waals surface area contributed by atoms with Gasteiger partial charge in [-0.25, -0.2) is 18.0 Å². The van der Waals surface area contributed by atoms with Crippen molar-refractivity contribution in [3.05, 3.63) is 75.2 Å². The zero-order valence-electron chi connectivity index (χ0n) is 14.0. The number of rotatable bonds is 3. The molecule has 0 amide bonds. The lowest BCUT2D eigenvalue weighted by molar-refractivity contribution is 0.0518. The van der Waals surface area contributed by atoms with E-state index in [9.17, 15) is 22.8 Å². The van der Waals surface area contributed by atoms with Crippen LogP contribution in [0.25, 0.3) is 10.9 Å². The van der Waals surface area contributed by atoms with Crippen LogP contribution in [0.15, 0.2) is 46.2 Å². The number of pyridine rings is 1. The van der Waals surface area contributed by atoms with Gasteiger partial charge in [0.05, 0.1) is 17.1 Å². The molecule has 0 radical (unpaired) electrons. The second-order valence-electron chi connectivity index (χ2n) is 5.90. The van der Waals surface area contributed by atoms with Crippen LogP contribution in [0.1, 0.15) is 28.2 Å². The Morgan fingerprint density at radius 1 is 1.15 bits per heavy atom. The van der Waals surface area contributed by atoms with E-state index >= 15 is 0 Å². The van der Waals surface area contributed by atoms with E-state index in [4.69, 9.17) is 4.74 Å². The topological polar surface area (TPSA) is 48.3 Å². The van der Waals surface area contributed by atoms with Crippen LogP contribution >= 0.6 is 11.8 Å². The number of halogens is 3. The van der Waals surface area contributed by atoms with Crippen molar-refractivity contribution in [3.8, 4) is 0 Å². The summed E-state index contributed by atoms with van der Waals surface area (Å²) in [5, 5.41) is -0.221. The Bertz CT molecular complexity index is 1140. The van der Waals surface area contributed by atoms with E-state index in [1.165, 1.54) is 23.9 Å². The molecule has 8 heteroatoms. The zero-order valence-corrected chi connectivity index (χ0v) is 14.8. The molecule has 3 aromatic rings. The first-order chi connectivity index (χ1) is 12.9. The van der Waals surface area contributed by atoms with Gasteiger partial charge in [0.25, 0.3) is 0 Å². The largest absolute Gasteiger partial charge is 0.462 e. The predicted octanol–water partition coefficient (Wildman–Crippen LogP) is 4.25. The summed E-state index contributed by atoms with van der Waals surface area (Å²) < 4.78 is 47.3. The Morgan fingerprint density at radius 2 is 1.81 bits per heavy atom. The Balaban J connectivity index is 2.00. The highest BCUT2D eigenvalue weighted by Crippen LogP contribution is 2.50. The Labute approximate surface area is 155 Å². The van der Waals surface area contributed by atoms with Crippen LogP contribution in [-0.4, -0.2) is 17.1 Å². The minimum atomic E-state index is -1.18. The van der Waals surface area contributed by atoms with Gasteiger partial charge in [0.1, 0.15) is 16.8 Å². The number of aromatic nitrogens is 1. The van der Waals surface area contributed by atoms with Gasteiger partial charge in [-0.05, 0) is 30.7 Å². The molecule has 0 aliphatic carbocycles. The van der Waals surface area contributed by atoms with Gasteiger partial charge in [-0.2, -0.15) is 0 Å². The lowest BCUT2D eigenvalue weighted by atomic mass is 10.1. The average Bonchev–Trinajstić information content (AvgIpc) is 2.61. The summed E-state index contributed by atoms with van der Waals surface area (Å²) in [7, 11) is 0. The number of hydrogen-bond donors (Lipinski definition) is 0. The van der Waals surface area contributed by atoms with Gasteiger partial charge in [0.15, 0.2) is 11.6 Å². The molecular weight excluding hydrogens is 379 g/mol. The van der Waals surface area contributed by atoms with E-state index in [0.29, 0.717) is 10.6 Å². The summed E-state index contributed by atoms with van der Waals surface area (Å²) >= 11 is 1.20. The summed E-state index contributed by atoms with van der Waals surface area (Å²) in [5.41, 5.74) is -0.0641. The number of benzene rings is 2. The van der Waals surface area contributed by atoms with Crippen molar-refractivity contribution in [2.45, 2.75) is 17.3 Å². The van der Waals surface area contributed by atoms with Gasteiger partial charge in [0.2, 0.25) is 5.43 Å². The fourth-order valence-electron chi connectivity index (χ4n) is 3.06. The fourth-order valence-corrected chi connectivity index (χ4v) is 4.34. The van der Waals surface area contributed by atoms with Crippen LogP contribution in [-0.2, 0) is 4.74 Å². The second-order valence-corrected chi connectivity index (χ2v) is 6.97. The molecular formula is C19H12F3NO3S. The van der Waals surface area contributed by atoms with Gasteiger partial charge >= 0.3 is 5.97 Å². The molecule has 27 heavy (non-hydrogen) atoms. The highest BCUT2D eigenvalue weighted by atomic mass is 32.2. The number of thioether (sulfide) groups is 1. The first-order valence-electron chi connectivity index (χ1n) is 8.09. The van der Waals surface area contributed by atoms with Gasteiger partial charge in [-0.1, -0.05) is 23.9 Å². The number of carbonyl (C=O) groups is 1. The van der Waals surface area contributed by atoms with Crippen molar-refractivity contribution in [2.75, 3.05) is 6.61 Å². The van der Waals surface area contributed by atoms with Crippen LogP contribution < -0.4 is 5.43 Å². The summed E-state index contributed by atoms with van der Waals surface area (Å²) in [6, 6.07) is 7.40. The zero-order chi connectivity index (χ0) is 19.3. The third-order valence-corrected chi connectivity index (χ3v) is 5.63. The number of fused-ring (bicyclic) bond motifs is 3. The molecule has 1 atom stereocenters. The smallest absolute Gasteiger partial charge is 0.344 e. The van der Waals surface area contributed by atoms with Gasteiger partial charge in [-0.15, -0.1) is 0 Å². The third kappa shape index (κ3) is 2.71. The average molecular weight is 391 g/mol. The Kier molecular flexibility index (Phi) is 4.22. The maximum Gasteiger partial charge on any atom is 0.344 e. The van der Waals surface area contributed by atoms with E-state index in [1.807, 2.05) is 0 Å². The monoisotopic (exact) mass is 391 g/mol. The molecule has 0 saturated heterocycles. The number of nitrogens with zero attached hydrogens (tertiary/aromatic N) is 1. The molecule has 2 aromatic carbocycles. The van der Waals surface area contributed by atoms with Crippen LogP contribution in [0.2, 0.25) is 0 Å². The number of hydrogen-bond acceptors (Lipinski definition) is 4. The highest BCUT2D eigenvalue weighted by Gasteiger charge is 2.36. The van der Waals surface area contributed by atoms with Gasteiger partial charge in [-0.3, -0.25) is 4.79 Å². The van der Waals surface area contributed by atoms with Crippen LogP contribution in [0.4, 0.5) is 13.2 Å². The molecule has 1 unspecified atom stereocenters. The fraction of sp³-hybridized carbons (Fsp3) is 0.158. The lowest BCUT2D eigenvalue weighted by Crippen LogP contribution is -2.30. The van der Waals surface area contributed by atoms with Gasteiger partial charge in [0, 0.05) is 11.5 Å². The van der Waals surface area contributed by atoms with E-state index in [0.717, 1.165) is 12.1 Å². The SMILES string of the molecule is CCOC(=O)c1c2n(c3cc(F)c(F)cc3c1=O)C(c1ccc(F)cc1)S2. The second kappa shape index (κ2) is 6.45. The molecule has 0 fully saturated rings. The predicted molar refractivity (Wildman–Crippen MR) is 94.5 cm³/mol.